The fourth-order valence-corrected chi connectivity index (χ4v) is 4.78. The van der Waals surface area contributed by atoms with Crippen LogP contribution in [0.2, 0.25) is 0 Å². The predicted molar refractivity (Wildman–Crippen MR) is 99.7 cm³/mol. The van der Waals surface area contributed by atoms with Gasteiger partial charge in [-0.25, -0.2) is 20.1 Å². The molecular formula is C20H38N2O4. The highest BCUT2D eigenvalue weighted by atomic mass is 16.9. The lowest BCUT2D eigenvalue weighted by molar-refractivity contribution is -1.08. The largest absolute Gasteiger partial charge is 0.600 e. The molecule has 3 aliphatic rings. The van der Waals surface area contributed by atoms with Crippen LogP contribution in [0.15, 0.2) is 0 Å². The van der Waals surface area contributed by atoms with Gasteiger partial charge in [0.25, 0.3) is 0 Å². The Morgan fingerprint density at radius 2 is 0.846 bits per heavy atom. The third-order valence-electron chi connectivity index (χ3n) is 6.89. The maximum atomic E-state index is 12.4. The zero-order valence-corrected chi connectivity index (χ0v) is 16.6. The van der Waals surface area contributed by atoms with Crippen LogP contribution < -0.4 is 10.5 Å². The molecule has 0 amide bonds. The fourth-order valence-electron chi connectivity index (χ4n) is 4.78. The Hall–Kier alpha value is -0.240. The first kappa shape index (κ1) is 20.5. The van der Waals surface area contributed by atoms with Crippen LogP contribution in [0.5, 0.6) is 0 Å². The average molecular weight is 371 g/mol. The van der Waals surface area contributed by atoms with Gasteiger partial charge < -0.3 is 10.4 Å². The summed E-state index contributed by atoms with van der Waals surface area (Å²) in [5.74, 6) is 1.49. The summed E-state index contributed by atoms with van der Waals surface area (Å²) in [6, 6.07) is 0.214. The van der Waals surface area contributed by atoms with Crippen LogP contribution in [-0.4, -0.2) is 24.3 Å². The molecule has 0 aromatic heterocycles. The van der Waals surface area contributed by atoms with Gasteiger partial charge >= 0.3 is 0 Å². The molecule has 0 aliphatic heterocycles. The topological polar surface area (TPSA) is 73.5 Å². The molecule has 0 saturated heterocycles. The number of quaternary nitrogens is 2. The number of nitrogens with one attached hydrogen (secondary N) is 2. The zero-order valence-electron chi connectivity index (χ0n) is 16.6. The first-order valence-electron chi connectivity index (χ1n) is 10.9. The van der Waals surface area contributed by atoms with E-state index < -0.39 is 0 Å². The molecule has 0 bridgehead atoms. The highest BCUT2D eigenvalue weighted by Gasteiger charge is 2.32. The molecule has 2 N–H and O–H groups in total. The van der Waals surface area contributed by atoms with Crippen LogP contribution in [0, 0.1) is 22.3 Å². The molecule has 0 radical (unpaired) electrons. The average Bonchev–Trinajstić information content (AvgIpc) is 2.64. The molecule has 3 fully saturated rings. The van der Waals surface area contributed by atoms with Gasteiger partial charge in [0, 0.05) is 25.7 Å². The summed E-state index contributed by atoms with van der Waals surface area (Å²) in [7, 11) is 0. The Bertz CT molecular complexity index is 363. The van der Waals surface area contributed by atoms with Crippen molar-refractivity contribution in [2.45, 2.75) is 115 Å². The van der Waals surface area contributed by atoms with E-state index >= 15 is 0 Å². The lowest BCUT2D eigenvalue weighted by Gasteiger charge is -2.39. The second-order valence-corrected chi connectivity index (χ2v) is 9.19. The Morgan fingerprint density at radius 1 is 0.538 bits per heavy atom. The van der Waals surface area contributed by atoms with Crippen molar-refractivity contribution in [1.82, 2.24) is 0 Å². The number of hydrogen-bond donors (Lipinski definition) is 2. The molecule has 2 atom stereocenters. The van der Waals surface area contributed by atoms with Gasteiger partial charge in [-0.1, -0.05) is 13.8 Å². The molecule has 0 aromatic carbocycles. The van der Waals surface area contributed by atoms with Crippen molar-refractivity contribution in [1.29, 1.82) is 0 Å². The monoisotopic (exact) mass is 370 g/mol. The van der Waals surface area contributed by atoms with Crippen molar-refractivity contribution in [3.63, 3.8) is 0 Å². The third kappa shape index (κ3) is 5.88. The van der Waals surface area contributed by atoms with Crippen molar-refractivity contribution < 1.29 is 20.1 Å². The van der Waals surface area contributed by atoms with Gasteiger partial charge in [-0.2, -0.15) is 0 Å². The van der Waals surface area contributed by atoms with E-state index in [-0.39, 0.29) is 34.7 Å². The minimum atomic E-state index is 0.00803. The molecule has 3 rings (SSSR count). The maximum absolute atomic E-state index is 12.4. The molecule has 152 valence electrons. The summed E-state index contributed by atoms with van der Waals surface area (Å²) < 4.78 is 0. The number of hydrogen-bond acceptors (Lipinski definition) is 4. The molecule has 3 saturated carbocycles. The van der Waals surface area contributed by atoms with E-state index in [1.54, 1.807) is 0 Å². The van der Waals surface area contributed by atoms with Crippen molar-refractivity contribution in [3.05, 3.63) is 10.4 Å². The Labute approximate surface area is 158 Å². The second-order valence-electron chi connectivity index (χ2n) is 9.19. The van der Waals surface area contributed by atoms with E-state index in [2.05, 4.69) is 13.8 Å². The first-order chi connectivity index (χ1) is 12.5. The quantitative estimate of drug-likeness (QED) is 0.702. The fraction of sp³-hybridized carbons (Fsp3) is 1.00. The molecule has 6 nitrogen and oxygen atoms in total. The van der Waals surface area contributed by atoms with Crippen LogP contribution in [-0.2, 0) is 9.68 Å². The van der Waals surface area contributed by atoms with Crippen LogP contribution in [0.4, 0.5) is 0 Å². The summed E-state index contributed by atoms with van der Waals surface area (Å²) >= 11 is 0. The maximum Gasteiger partial charge on any atom is 0.117 e. The van der Waals surface area contributed by atoms with E-state index in [1.807, 2.05) is 0 Å². The minimum absolute atomic E-state index is 0.00803. The van der Waals surface area contributed by atoms with E-state index in [4.69, 9.17) is 9.68 Å². The lowest BCUT2D eigenvalue weighted by atomic mass is 9.88. The molecule has 0 spiro atoms. The van der Waals surface area contributed by atoms with Gasteiger partial charge in [-0.3, -0.25) is 0 Å². The van der Waals surface area contributed by atoms with Gasteiger partial charge in [0.15, 0.2) is 0 Å². The SMILES string of the molecule is CC1CCC([NH+]([O-])OC2CCC(O[NH+]([O-])C3CCC(C)CC3)CC2)CC1. The van der Waals surface area contributed by atoms with Gasteiger partial charge in [0.1, 0.15) is 24.3 Å². The highest BCUT2D eigenvalue weighted by Crippen LogP contribution is 2.25. The van der Waals surface area contributed by atoms with Crippen LogP contribution >= 0.6 is 0 Å². The van der Waals surface area contributed by atoms with Crippen molar-refractivity contribution in [2.24, 2.45) is 11.8 Å². The molecule has 0 heterocycles. The predicted octanol–water partition coefficient (Wildman–Crippen LogP) is 2.08. The Morgan fingerprint density at radius 3 is 1.15 bits per heavy atom. The Balaban J connectivity index is 1.33. The Kier molecular flexibility index (Phi) is 7.73. The van der Waals surface area contributed by atoms with Crippen LogP contribution in [0.25, 0.3) is 0 Å². The second kappa shape index (κ2) is 9.80. The first-order valence-corrected chi connectivity index (χ1v) is 10.9. The molecule has 3 aliphatic carbocycles. The molecule has 26 heavy (non-hydrogen) atoms. The summed E-state index contributed by atoms with van der Waals surface area (Å²) in [4.78, 5) is 11.5. The third-order valence-corrected chi connectivity index (χ3v) is 6.89. The summed E-state index contributed by atoms with van der Waals surface area (Å²) in [6.07, 6.45) is 11.8. The van der Waals surface area contributed by atoms with Gasteiger partial charge in [0.2, 0.25) is 0 Å². The van der Waals surface area contributed by atoms with Gasteiger partial charge in [-0.05, 0) is 63.2 Å². The van der Waals surface area contributed by atoms with E-state index in [9.17, 15) is 10.4 Å². The molecular weight excluding hydrogens is 332 g/mol. The standard InChI is InChI=1S/C20H38N2O4/c1-15-3-7-17(8-4-15)21(23)25-19-11-13-20(14-12-19)26-22(24)18-9-5-16(2)6-10-18/h15-22H,3-14H2,1-2H3. The van der Waals surface area contributed by atoms with E-state index in [0.29, 0.717) is 0 Å². The smallest absolute Gasteiger partial charge is 0.117 e. The van der Waals surface area contributed by atoms with Gasteiger partial charge in [0.05, 0.1) is 0 Å². The molecule has 0 aromatic rings. The highest BCUT2D eigenvalue weighted by molar-refractivity contribution is 4.73. The number of hydroxylamine groups is 4. The summed E-state index contributed by atoms with van der Waals surface area (Å²) in [5, 5.41) is 24.7. The summed E-state index contributed by atoms with van der Waals surface area (Å²) in [6.45, 7) is 4.52. The number of rotatable bonds is 6. The van der Waals surface area contributed by atoms with Crippen molar-refractivity contribution in [3.8, 4) is 0 Å². The van der Waals surface area contributed by atoms with Crippen LogP contribution in [0.3, 0.4) is 0 Å². The molecule has 2 unspecified atom stereocenters. The van der Waals surface area contributed by atoms with Gasteiger partial charge in [-0.15, -0.1) is 0 Å². The normalized spacial score (nSPS) is 41.5. The van der Waals surface area contributed by atoms with Crippen molar-refractivity contribution in [2.75, 3.05) is 0 Å². The minimum Gasteiger partial charge on any atom is -0.600 e. The zero-order chi connectivity index (χ0) is 18.5. The lowest BCUT2D eigenvalue weighted by Crippen LogP contribution is -3.11. The van der Waals surface area contributed by atoms with Crippen LogP contribution in [0.1, 0.15) is 90.9 Å². The van der Waals surface area contributed by atoms with Crippen molar-refractivity contribution >= 4 is 0 Å². The molecule has 6 heteroatoms. The van der Waals surface area contributed by atoms with E-state index in [0.717, 1.165) is 88.9 Å². The summed E-state index contributed by atoms with van der Waals surface area (Å²) in [5.41, 5.74) is 0. The van der Waals surface area contributed by atoms with E-state index in [1.165, 1.54) is 0 Å².